The molecule has 3 heterocycles. The maximum atomic E-state index is 5.50. The predicted molar refractivity (Wildman–Crippen MR) is 254 cm³/mol. The molecule has 0 saturated heterocycles. The number of benzene rings is 10. The van der Waals surface area contributed by atoms with Gasteiger partial charge in [0.15, 0.2) is 0 Å². The Balaban J connectivity index is 0.943. The Kier molecular flexibility index (Phi) is 7.01. The zero-order valence-corrected chi connectivity index (χ0v) is 32.4. The minimum atomic E-state index is 0.929. The van der Waals surface area contributed by atoms with Crippen molar-refractivity contribution >= 4 is 97.3 Å². The van der Waals surface area contributed by atoms with E-state index in [-0.39, 0.29) is 0 Å². The summed E-state index contributed by atoms with van der Waals surface area (Å²) >= 11 is 0. The second kappa shape index (κ2) is 12.7. The van der Waals surface area contributed by atoms with Crippen LogP contribution in [0.5, 0.6) is 0 Å². The van der Waals surface area contributed by atoms with Gasteiger partial charge in [-0.05, 0) is 100 Å². The third-order valence-corrected chi connectivity index (χ3v) is 12.7. The van der Waals surface area contributed by atoms with Crippen LogP contribution in [0.15, 0.2) is 200 Å². The third kappa shape index (κ3) is 4.81. The van der Waals surface area contributed by atoms with Crippen LogP contribution in [0.4, 0.5) is 0 Å². The largest absolute Gasteiger partial charge is 0.254 e. The first-order valence-electron chi connectivity index (χ1n) is 20.5. The van der Waals surface area contributed by atoms with E-state index < -0.39 is 0 Å². The quantitative estimate of drug-likeness (QED) is 0.168. The highest BCUT2D eigenvalue weighted by atomic mass is 14.7. The molecule has 10 aromatic carbocycles. The van der Waals surface area contributed by atoms with Gasteiger partial charge in [0.25, 0.3) is 0 Å². The van der Waals surface area contributed by atoms with Crippen LogP contribution in [0.25, 0.3) is 131 Å². The van der Waals surface area contributed by atoms with E-state index in [1.165, 1.54) is 81.3 Å². The number of nitrogens with zero attached hydrogens (tertiary/aromatic N) is 3. The molecule has 0 amide bonds. The van der Waals surface area contributed by atoms with Crippen molar-refractivity contribution in [3.05, 3.63) is 200 Å². The SMILES string of the molecule is c1cnc2c(c1)ccc1c(-c3ccc4c5ccc(-c6ccc(-c7nc8c9ccccc9c9ccccc9c8c8ccccc78)cc6)cc5c5ccccc5c4c3)ccnc12. The van der Waals surface area contributed by atoms with Gasteiger partial charge in [0.05, 0.1) is 22.2 Å². The molecule has 276 valence electrons. The Morgan fingerprint density at radius 1 is 0.267 bits per heavy atom. The van der Waals surface area contributed by atoms with E-state index in [1.54, 1.807) is 0 Å². The molecule has 0 radical (unpaired) electrons. The minimum absolute atomic E-state index is 0.929. The summed E-state index contributed by atoms with van der Waals surface area (Å²) in [5.74, 6) is 0. The average molecular weight is 760 g/mol. The third-order valence-electron chi connectivity index (χ3n) is 12.7. The van der Waals surface area contributed by atoms with E-state index in [2.05, 4.69) is 187 Å². The topological polar surface area (TPSA) is 38.7 Å². The van der Waals surface area contributed by atoms with E-state index in [4.69, 9.17) is 9.97 Å². The number of fused-ring (bicyclic) bond motifs is 17. The van der Waals surface area contributed by atoms with Crippen molar-refractivity contribution in [2.24, 2.45) is 0 Å². The van der Waals surface area contributed by atoms with Crippen LogP contribution < -0.4 is 0 Å². The van der Waals surface area contributed by atoms with Crippen LogP contribution in [-0.2, 0) is 0 Å². The molecule has 60 heavy (non-hydrogen) atoms. The maximum absolute atomic E-state index is 5.50. The van der Waals surface area contributed by atoms with E-state index in [1.807, 2.05) is 18.5 Å². The van der Waals surface area contributed by atoms with Crippen LogP contribution >= 0.6 is 0 Å². The van der Waals surface area contributed by atoms with Gasteiger partial charge in [0, 0.05) is 44.9 Å². The molecule has 0 aliphatic rings. The van der Waals surface area contributed by atoms with E-state index in [9.17, 15) is 0 Å². The smallest absolute Gasteiger partial charge is 0.0970 e. The van der Waals surface area contributed by atoms with E-state index >= 15 is 0 Å². The molecule has 0 atom stereocenters. The summed E-state index contributed by atoms with van der Waals surface area (Å²) < 4.78 is 0. The van der Waals surface area contributed by atoms with Crippen molar-refractivity contribution < 1.29 is 0 Å². The van der Waals surface area contributed by atoms with Gasteiger partial charge in [-0.1, -0.05) is 164 Å². The predicted octanol–water partition coefficient (Wildman–Crippen LogP) is 15.3. The molecule has 3 aromatic heterocycles. The lowest BCUT2D eigenvalue weighted by atomic mass is 9.89. The molecule has 0 saturated carbocycles. The summed E-state index contributed by atoms with van der Waals surface area (Å²) in [6.45, 7) is 0. The lowest BCUT2D eigenvalue weighted by Crippen LogP contribution is -1.93. The van der Waals surface area contributed by atoms with Crippen molar-refractivity contribution in [2.75, 3.05) is 0 Å². The standard InChI is InChI=1S/C57H33N3/c1-2-14-43-42(13-1)51-32-37(24-26-44(51)45-27-25-38(33-52(43)45)39-29-31-59-57-50(39)28-23-35-10-9-30-58-55(35)57)34-19-21-36(22-20-34)54-49-18-8-6-16-47(49)53-46-15-5-3-11-40(46)41-12-4-7-17-48(41)56(53)60-54/h1-33H. The summed E-state index contributed by atoms with van der Waals surface area (Å²) in [4.78, 5) is 15.0. The zero-order chi connectivity index (χ0) is 39.3. The second-order valence-corrected chi connectivity index (χ2v) is 15.9. The fourth-order valence-corrected chi connectivity index (χ4v) is 9.94. The van der Waals surface area contributed by atoms with Gasteiger partial charge in [-0.25, -0.2) is 4.98 Å². The fraction of sp³-hybridized carbons (Fsp3) is 0. The zero-order valence-electron chi connectivity index (χ0n) is 32.4. The highest BCUT2D eigenvalue weighted by Crippen LogP contribution is 2.43. The molecule has 0 fully saturated rings. The van der Waals surface area contributed by atoms with Crippen molar-refractivity contribution in [1.29, 1.82) is 0 Å². The van der Waals surface area contributed by atoms with Crippen molar-refractivity contribution in [1.82, 2.24) is 15.0 Å². The number of hydrogen-bond acceptors (Lipinski definition) is 3. The molecule has 3 nitrogen and oxygen atoms in total. The first kappa shape index (κ1) is 33.0. The molecule has 13 rings (SSSR count). The van der Waals surface area contributed by atoms with Gasteiger partial charge in [-0.3, -0.25) is 9.97 Å². The molecule has 13 aromatic rings. The normalized spacial score (nSPS) is 12.0. The molecule has 0 aliphatic heterocycles. The molecule has 0 N–H and O–H groups in total. The summed E-state index contributed by atoms with van der Waals surface area (Å²) in [5, 5.41) is 18.2. The minimum Gasteiger partial charge on any atom is -0.254 e. The average Bonchev–Trinajstić information content (AvgIpc) is 3.33. The fourth-order valence-electron chi connectivity index (χ4n) is 9.94. The number of hydrogen-bond donors (Lipinski definition) is 0. The number of aromatic nitrogens is 3. The van der Waals surface area contributed by atoms with E-state index in [0.29, 0.717) is 0 Å². The molecular weight excluding hydrogens is 727 g/mol. The van der Waals surface area contributed by atoms with Crippen LogP contribution in [-0.4, -0.2) is 15.0 Å². The Morgan fingerprint density at radius 3 is 1.48 bits per heavy atom. The van der Waals surface area contributed by atoms with Crippen LogP contribution in [0, 0.1) is 0 Å². The Labute approximate surface area is 344 Å². The Bertz CT molecular complexity index is 3920. The highest BCUT2D eigenvalue weighted by molar-refractivity contribution is 6.31. The van der Waals surface area contributed by atoms with Gasteiger partial charge in [-0.2, -0.15) is 0 Å². The molecule has 3 heteroatoms. The molecule has 0 unspecified atom stereocenters. The van der Waals surface area contributed by atoms with Crippen LogP contribution in [0.2, 0.25) is 0 Å². The summed E-state index contributed by atoms with van der Waals surface area (Å²) in [6.07, 6.45) is 3.75. The van der Waals surface area contributed by atoms with Gasteiger partial charge in [-0.15, -0.1) is 0 Å². The van der Waals surface area contributed by atoms with Gasteiger partial charge in [0.1, 0.15) is 0 Å². The lowest BCUT2D eigenvalue weighted by Gasteiger charge is -2.16. The Hall–Kier alpha value is -8.01. The summed E-state index contributed by atoms with van der Waals surface area (Å²) in [6, 6.07) is 68.4. The summed E-state index contributed by atoms with van der Waals surface area (Å²) in [7, 11) is 0. The molecule has 0 bridgehead atoms. The van der Waals surface area contributed by atoms with Crippen LogP contribution in [0.3, 0.4) is 0 Å². The van der Waals surface area contributed by atoms with Gasteiger partial charge >= 0.3 is 0 Å². The van der Waals surface area contributed by atoms with Crippen molar-refractivity contribution in [3.63, 3.8) is 0 Å². The van der Waals surface area contributed by atoms with Crippen molar-refractivity contribution in [2.45, 2.75) is 0 Å². The molecular formula is C57H33N3. The monoisotopic (exact) mass is 759 g/mol. The summed E-state index contributed by atoms with van der Waals surface area (Å²) in [5.41, 5.74) is 9.70. The van der Waals surface area contributed by atoms with Crippen molar-refractivity contribution in [3.8, 4) is 33.5 Å². The van der Waals surface area contributed by atoms with E-state index in [0.717, 1.165) is 49.5 Å². The Morgan fingerprint density at radius 2 is 0.767 bits per heavy atom. The van der Waals surface area contributed by atoms with Gasteiger partial charge < -0.3 is 0 Å². The maximum Gasteiger partial charge on any atom is 0.0970 e. The van der Waals surface area contributed by atoms with Gasteiger partial charge in [0.2, 0.25) is 0 Å². The molecule has 0 aliphatic carbocycles. The lowest BCUT2D eigenvalue weighted by molar-refractivity contribution is 1.37. The first-order valence-corrected chi connectivity index (χ1v) is 20.5. The second-order valence-electron chi connectivity index (χ2n) is 15.9. The number of pyridine rings is 3. The first-order chi connectivity index (χ1) is 29.8. The highest BCUT2D eigenvalue weighted by Gasteiger charge is 2.18. The number of rotatable bonds is 3. The van der Waals surface area contributed by atoms with Crippen LogP contribution in [0.1, 0.15) is 0 Å². The molecule has 0 spiro atoms.